The number of methoxy groups -OCH3 is 1. The van der Waals surface area contributed by atoms with Crippen LogP contribution in [-0.2, 0) is 14.8 Å². The molecule has 0 fully saturated rings. The maximum atomic E-state index is 13.4. The van der Waals surface area contributed by atoms with Crippen LogP contribution in [0.1, 0.15) is 5.56 Å². The number of carbonyl (C=O) groups excluding carboxylic acids is 1. The van der Waals surface area contributed by atoms with Gasteiger partial charge < -0.3 is 10.1 Å². The zero-order valence-electron chi connectivity index (χ0n) is 16.5. The number of benzene rings is 3. The minimum atomic E-state index is -3.97. The first-order chi connectivity index (χ1) is 14.3. The lowest BCUT2D eigenvalue weighted by atomic mass is 10.2. The quantitative estimate of drug-likeness (QED) is 0.453. The summed E-state index contributed by atoms with van der Waals surface area (Å²) in [6.45, 7) is 1.55. The molecule has 3 aromatic carbocycles. The molecular weight excluding hydrogens is 515 g/mol. The SMILES string of the molecule is COc1ccc(S(=O)(=O)N(CC(=O)Nc2ccc(I)cc2)c2ccc(C)cc2)cc1. The predicted octanol–water partition coefficient (Wildman–Crippen LogP) is 4.44. The molecule has 0 heterocycles. The average molecular weight is 536 g/mol. The molecule has 0 spiro atoms. The number of amides is 1. The van der Waals surface area contributed by atoms with Crippen molar-refractivity contribution in [2.75, 3.05) is 23.3 Å². The number of ether oxygens (including phenoxy) is 1. The number of anilines is 2. The van der Waals surface area contributed by atoms with Gasteiger partial charge in [0.1, 0.15) is 12.3 Å². The predicted molar refractivity (Wildman–Crippen MR) is 126 cm³/mol. The van der Waals surface area contributed by atoms with Crippen LogP contribution in [0.15, 0.2) is 77.7 Å². The molecule has 1 amide bonds. The highest BCUT2D eigenvalue weighted by molar-refractivity contribution is 14.1. The Morgan fingerprint density at radius 3 is 2.13 bits per heavy atom. The number of rotatable bonds is 7. The van der Waals surface area contributed by atoms with E-state index in [-0.39, 0.29) is 11.4 Å². The third-order valence-corrected chi connectivity index (χ3v) is 6.89. The van der Waals surface area contributed by atoms with Crippen molar-refractivity contribution < 1.29 is 17.9 Å². The molecule has 0 aliphatic rings. The first-order valence-electron chi connectivity index (χ1n) is 9.08. The van der Waals surface area contributed by atoms with Gasteiger partial charge >= 0.3 is 0 Å². The van der Waals surface area contributed by atoms with Crippen LogP contribution in [0.5, 0.6) is 5.75 Å². The number of carbonyl (C=O) groups is 1. The second kappa shape index (κ2) is 9.48. The Balaban J connectivity index is 1.92. The Kier molecular flexibility index (Phi) is 6.99. The summed E-state index contributed by atoms with van der Waals surface area (Å²) in [5.41, 5.74) is 2.00. The van der Waals surface area contributed by atoms with Crippen LogP contribution in [0, 0.1) is 10.5 Å². The van der Waals surface area contributed by atoms with E-state index >= 15 is 0 Å². The Morgan fingerprint density at radius 2 is 1.57 bits per heavy atom. The van der Waals surface area contributed by atoms with Gasteiger partial charge in [-0.25, -0.2) is 8.42 Å². The summed E-state index contributed by atoms with van der Waals surface area (Å²) < 4.78 is 34.0. The first kappa shape index (κ1) is 22.1. The van der Waals surface area contributed by atoms with E-state index in [0.29, 0.717) is 17.1 Å². The highest BCUT2D eigenvalue weighted by atomic mass is 127. The molecule has 0 aliphatic heterocycles. The van der Waals surface area contributed by atoms with Gasteiger partial charge in [-0.1, -0.05) is 17.7 Å². The number of nitrogens with zero attached hydrogens (tertiary/aromatic N) is 1. The summed E-state index contributed by atoms with van der Waals surface area (Å²) in [6, 6.07) is 20.3. The molecule has 0 radical (unpaired) electrons. The van der Waals surface area contributed by atoms with Crippen molar-refractivity contribution in [3.05, 3.63) is 81.9 Å². The van der Waals surface area contributed by atoms with Crippen molar-refractivity contribution in [2.24, 2.45) is 0 Å². The number of halogens is 1. The molecule has 0 saturated carbocycles. The molecule has 0 saturated heterocycles. The molecule has 8 heteroatoms. The smallest absolute Gasteiger partial charge is 0.264 e. The van der Waals surface area contributed by atoms with Crippen molar-refractivity contribution in [3.63, 3.8) is 0 Å². The number of hydrogen-bond acceptors (Lipinski definition) is 4. The van der Waals surface area contributed by atoms with E-state index in [1.807, 2.05) is 31.2 Å². The zero-order valence-corrected chi connectivity index (χ0v) is 19.5. The molecular formula is C22H21IN2O4S. The van der Waals surface area contributed by atoms with Crippen molar-refractivity contribution >= 4 is 49.9 Å². The van der Waals surface area contributed by atoms with Crippen molar-refractivity contribution in [2.45, 2.75) is 11.8 Å². The fourth-order valence-electron chi connectivity index (χ4n) is 2.77. The topological polar surface area (TPSA) is 75.7 Å². The minimum absolute atomic E-state index is 0.0749. The standard InChI is InChI=1S/C22H21IN2O4S/c1-16-3-9-19(10-4-16)25(15-22(26)24-18-7-5-17(23)6-8-18)30(27,28)21-13-11-20(29-2)12-14-21/h3-14H,15H2,1-2H3,(H,24,26). The van der Waals surface area contributed by atoms with E-state index in [1.165, 1.54) is 19.2 Å². The monoisotopic (exact) mass is 536 g/mol. The Hall–Kier alpha value is -2.59. The highest BCUT2D eigenvalue weighted by Crippen LogP contribution is 2.25. The van der Waals surface area contributed by atoms with Crippen molar-refractivity contribution in [1.29, 1.82) is 0 Å². The number of sulfonamides is 1. The Bertz CT molecular complexity index is 1110. The van der Waals surface area contributed by atoms with Crippen LogP contribution in [0.4, 0.5) is 11.4 Å². The van der Waals surface area contributed by atoms with E-state index in [4.69, 9.17) is 4.74 Å². The summed E-state index contributed by atoms with van der Waals surface area (Å²) in [4.78, 5) is 12.8. The van der Waals surface area contributed by atoms with Crippen LogP contribution in [-0.4, -0.2) is 28.0 Å². The fraction of sp³-hybridized carbons (Fsp3) is 0.136. The summed E-state index contributed by atoms with van der Waals surface area (Å²) in [6.07, 6.45) is 0. The highest BCUT2D eigenvalue weighted by Gasteiger charge is 2.27. The van der Waals surface area contributed by atoms with Gasteiger partial charge in [0.25, 0.3) is 10.0 Å². The normalized spacial score (nSPS) is 11.0. The fourth-order valence-corrected chi connectivity index (χ4v) is 4.55. The van der Waals surface area contributed by atoms with Gasteiger partial charge in [-0.05, 0) is 90.2 Å². The molecule has 0 bridgehead atoms. The largest absolute Gasteiger partial charge is 0.497 e. The van der Waals surface area contributed by atoms with E-state index in [1.54, 1.807) is 36.4 Å². The lowest BCUT2D eigenvalue weighted by Crippen LogP contribution is -2.38. The second-order valence-electron chi connectivity index (χ2n) is 6.58. The van der Waals surface area contributed by atoms with Crippen LogP contribution in [0.3, 0.4) is 0 Å². The molecule has 30 heavy (non-hydrogen) atoms. The van der Waals surface area contributed by atoms with E-state index < -0.39 is 15.9 Å². The van der Waals surface area contributed by atoms with E-state index in [0.717, 1.165) is 13.4 Å². The van der Waals surface area contributed by atoms with Gasteiger partial charge in [0, 0.05) is 9.26 Å². The third kappa shape index (κ3) is 5.31. The Labute approximate surface area is 190 Å². The minimum Gasteiger partial charge on any atom is -0.497 e. The van der Waals surface area contributed by atoms with Crippen molar-refractivity contribution in [1.82, 2.24) is 0 Å². The molecule has 0 aromatic heterocycles. The molecule has 0 aliphatic carbocycles. The zero-order chi connectivity index (χ0) is 21.7. The summed E-state index contributed by atoms with van der Waals surface area (Å²) >= 11 is 2.17. The van der Waals surface area contributed by atoms with Gasteiger partial charge in [-0.3, -0.25) is 9.10 Å². The van der Waals surface area contributed by atoms with Gasteiger partial charge in [-0.2, -0.15) is 0 Å². The maximum absolute atomic E-state index is 13.4. The molecule has 0 atom stereocenters. The maximum Gasteiger partial charge on any atom is 0.264 e. The molecule has 156 valence electrons. The lowest BCUT2D eigenvalue weighted by molar-refractivity contribution is -0.114. The second-order valence-corrected chi connectivity index (χ2v) is 9.69. The number of aryl methyl sites for hydroxylation is 1. The summed E-state index contributed by atoms with van der Waals surface area (Å²) in [5.74, 6) is 0.112. The molecule has 3 rings (SSSR count). The van der Waals surface area contributed by atoms with E-state index in [9.17, 15) is 13.2 Å². The summed E-state index contributed by atoms with van der Waals surface area (Å²) in [5, 5.41) is 2.75. The van der Waals surface area contributed by atoms with Gasteiger partial charge in [0.05, 0.1) is 17.7 Å². The van der Waals surface area contributed by atoms with Crippen molar-refractivity contribution in [3.8, 4) is 5.75 Å². The van der Waals surface area contributed by atoms with Gasteiger partial charge in [-0.15, -0.1) is 0 Å². The average Bonchev–Trinajstić information content (AvgIpc) is 2.74. The molecule has 3 aromatic rings. The molecule has 1 N–H and O–H groups in total. The first-order valence-corrected chi connectivity index (χ1v) is 11.6. The van der Waals surface area contributed by atoms with Crippen LogP contribution < -0.4 is 14.4 Å². The Morgan fingerprint density at radius 1 is 0.967 bits per heavy atom. The van der Waals surface area contributed by atoms with Gasteiger partial charge in [0.15, 0.2) is 0 Å². The number of hydrogen-bond donors (Lipinski definition) is 1. The van der Waals surface area contributed by atoms with Crippen LogP contribution in [0.2, 0.25) is 0 Å². The molecule has 0 unspecified atom stereocenters. The summed E-state index contributed by atoms with van der Waals surface area (Å²) in [7, 11) is -2.46. The lowest BCUT2D eigenvalue weighted by Gasteiger charge is -2.24. The van der Waals surface area contributed by atoms with Gasteiger partial charge in [0.2, 0.25) is 5.91 Å². The van der Waals surface area contributed by atoms with Crippen LogP contribution >= 0.6 is 22.6 Å². The van der Waals surface area contributed by atoms with E-state index in [2.05, 4.69) is 27.9 Å². The third-order valence-electron chi connectivity index (χ3n) is 4.38. The number of nitrogens with one attached hydrogen (secondary N) is 1. The molecule has 6 nitrogen and oxygen atoms in total. The van der Waals surface area contributed by atoms with Crippen LogP contribution in [0.25, 0.3) is 0 Å².